The Morgan fingerprint density at radius 3 is 2.57 bits per heavy atom. The summed E-state index contributed by atoms with van der Waals surface area (Å²) in [5, 5.41) is 4.97. The van der Waals surface area contributed by atoms with Crippen LogP contribution in [0.2, 0.25) is 10.0 Å². The minimum atomic E-state index is 0.0942. The van der Waals surface area contributed by atoms with Gasteiger partial charge in [-0.05, 0) is 38.5 Å². The minimum Gasteiger partial charge on any atom is -0.379 e. The summed E-state index contributed by atoms with van der Waals surface area (Å²) in [6.07, 6.45) is 0. The van der Waals surface area contributed by atoms with Crippen LogP contribution in [0.1, 0.15) is 32.4 Å². The first kappa shape index (κ1) is 17.0. The molecule has 1 saturated heterocycles. The molecular formula is C16H24Cl2N2O. The molecule has 5 heteroatoms. The van der Waals surface area contributed by atoms with E-state index < -0.39 is 0 Å². The number of rotatable bonds is 5. The summed E-state index contributed by atoms with van der Waals surface area (Å²) in [6, 6.07) is 5.86. The molecule has 0 spiro atoms. The predicted octanol–water partition coefficient (Wildman–Crippen LogP) is 3.75. The molecule has 1 aliphatic rings. The van der Waals surface area contributed by atoms with Crippen LogP contribution in [0.5, 0.6) is 0 Å². The van der Waals surface area contributed by atoms with Crippen LogP contribution in [0, 0.1) is 0 Å². The summed E-state index contributed by atoms with van der Waals surface area (Å²) >= 11 is 12.2. The molecule has 0 radical (unpaired) electrons. The van der Waals surface area contributed by atoms with Crippen LogP contribution in [-0.2, 0) is 4.74 Å². The predicted molar refractivity (Wildman–Crippen MR) is 89.4 cm³/mol. The molecule has 2 rings (SSSR count). The highest BCUT2D eigenvalue weighted by Crippen LogP contribution is 2.26. The number of ether oxygens (including phenoxy) is 1. The Morgan fingerprint density at radius 1 is 1.29 bits per heavy atom. The van der Waals surface area contributed by atoms with Crippen LogP contribution >= 0.6 is 23.2 Å². The molecule has 0 amide bonds. The molecule has 0 bridgehead atoms. The summed E-state index contributed by atoms with van der Waals surface area (Å²) in [6.45, 7) is 11.2. The molecular weight excluding hydrogens is 307 g/mol. The van der Waals surface area contributed by atoms with E-state index in [2.05, 4.69) is 31.0 Å². The molecule has 21 heavy (non-hydrogen) atoms. The van der Waals surface area contributed by atoms with Gasteiger partial charge in [0.2, 0.25) is 0 Å². The summed E-state index contributed by atoms with van der Waals surface area (Å²) in [4.78, 5) is 2.47. The summed E-state index contributed by atoms with van der Waals surface area (Å²) in [7, 11) is 0. The maximum absolute atomic E-state index is 6.27. The van der Waals surface area contributed by atoms with Crippen molar-refractivity contribution in [2.45, 2.75) is 32.4 Å². The summed E-state index contributed by atoms with van der Waals surface area (Å²) in [5.41, 5.74) is 1.18. The molecule has 1 aliphatic heterocycles. The maximum atomic E-state index is 6.27. The molecule has 3 nitrogen and oxygen atoms in total. The lowest BCUT2D eigenvalue weighted by Crippen LogP contribution is -2.54. The maximum Gasteiger partial charge on any atom is 0.0594 e. The third kappa shape index (κ3) is 4.57. The number of nitrogens with zero attached hydrogens (tertiary/aromatic N) is 1. The third-order valence-electron chi connectivity index (χ3n) is 4.14. The van der Waals surface area contributed by atoms with Gasteiger partial charge < -0.3 is 10.1 Å². The van der Waals surface area contributed by atoms with E-state index in [1.807, 2.05) is 12.1 Å². The fourth-order valence-electron chi connectivity index (χ4n) is 2.65. The highest BCUT2D eigenvalue weighted by molar-refractivity contribution is 6.35. The van der Waals surface area contributed by atoms with E-state index in [1.54, 1.807) is 6.07 Å². The summed E-state index contributed by atoms with van der Waals surface area (Å²) in [5.74, 6) is 0. The number of nitrogens with one attached hydrogen (secondary N) is 1. The van der Waals surface area contributed by atoms with Gasteiger partial charge in [0.15, 0.2) is 0 Å². The zero-order chi connectivity index (χ0) is 15.5. The Kier molecular flexibility index (Phi) is 5.92. The number of hydrogen-bond acceptors (Lipinski definition) is 3. The van der Waals surface area contributed by atoms with Crippen molar-refractivity contribution >= 4 is 23.2 Å². The van der Waals surface area contributed by atoms with Gasteiger partial charge in [0.25, 0.3) is 0 Å². The average molecular weight is 331 g/mol. The Balaban J connectivity index is 1.94. The van der Waals surface area contributed by atoms with Gasteiger partial charge in [-0.3, -0.25) is 4.90 Å². The lowest BCUT2D eigenvalue weighted by molar-refractivity contribution is -0.0102. The average Bonchev–Trinajstić information content (AvgIpc) is 2.46. The Hall–Kier alpha value is -0.320. The van der Waals surface area contributed by atoms with Crippen molar-refractivity contribution in [3.63, 3.8) is 0 Å². The van der Waals surface area contributed by atoms with E-state index in [4.69, 9.17) is 27.9 Å². The second kappa shape index (κ2) is 7.30. The van der Waals surface area contributed by atoms with Gasteiger partial charge in [0.05, 0.1) is 13.2 Å². The van der Waals surface area contributed by atoms with Crippen molar-refractivity contribution in [1.82, 2.24) is 10.2 Å². The number of morpholine rings is 1. The molecule has 1 heterocycles. The number of hydrogen-bond donors (Lipinski definition) is 1. The van der Waals surface area contributed by atoms with Crippen LogP contribution in [0.3, 0.4) is 0 Å². The minimum absolute atomic E-state index is 0.0942. The van der Waals surface area contributed by atoms with Crippen molar-refractivity contribution < 1.29 is 4.74 Å². The van der Waals surface area contributed by atoms with Crippen LogP contribution < -0.4 is 5.32 Å². The van der Waals surface area contributed by atoms with Crippen molar-refractivity contribution in [1.29, 1.82) is 0 Å². The Bertz CT molecular complexity index is 473. The molecule has 1 unspecified atom stereocenters. The lowest BCUT2D eigenvalue weighted by Gasteiger charge is -2.41. The van der Waals surface area contributed by atoms with Gasteiger partial charge in [-0.25, -0.2) is 0 Å². The van der Waals surface area contributed by atoms with Crippen LogP contribution in [-0.4, -0.2) is 43.3 Å². The second-order valence-corrected chi connectivity index (χ2v) is 7.02. The normalized spacial score (nSPS) is 18.7. The first-order valence-corrected chi connectivity index (χ1v) is 8.17. The molecule has 1 atom stereocenters. The zero-order valence-corrected chi connectivity index (χ0v) is 14.5. The van der Waals surface area contributed by atoms with E-state index in [1.165, 1.54) is 0 Å². The molecule has 0 aliphatic carbocycles. The van der Waals surface area contributed by atoms with E-state index in [0.29, 0.717) is 10.0 Å². The van der Waals surface area contributed by atoms with Crippen molar-refractivity contribution in [2.75, 3.05) is 32.8 Å². The highest BCUT2D eigenvalue weighted by Gasteiger charge is 2.28. The molecule has 118 valence electrons. The van der Waals surface area contributed by atoms with E-state index in [0.717, 1.165) is 38.4 Å². The standard InChI is InChI=1S/C16H24Cl2N2O/c1-12(14-5-4-13(17)10-15(14)18)19-11-16(2,3)20-6-8-21-9-7-20/h4-5,10,12,19H,6-9,11H2,1-3H3. The Labute approximate surface area is 137 Å². The van der Waals surface area contributed by atoms with Crippen LogP contribution in [0.4, 0.5) is 0 Å². The van der Waals surface area contributed by atoms with Gasteiger partial charge in [-0.1, -0.05) is 29.3 Å². The fraction of sp³-hybridized carbons (Fsp3) is 0.625. The first-order chi connectivity index (χ1) is 9.90. The Morgan fingerprint density at radius 2 is 1.95 bits per heavy atom. The fourth-order valence-corrected chi connectivity index (χ4v) is 3.22. The van der Waals surface area contributed by atoms with Gasteiger partial charge in [0.1, 0.15) is 0 Å². The largest absolute Gasteiger partial charge is 0.379 e. The third-order valence-corrected chi connectivity index (χ3v) is 4.70. The van der Waals surface area contributed by atoms with E-state index in [9.17, 15) is 0 Å². The van der Waals surface area contributed by atoms with Gasteiger partial charge in [-0.2, -0.15) is 0 Å². The second-order valence-electron chi connectivity index (χ2n) is 6.18. The number of benzene rings is 1. The SMILES string of the molecule is CC(NCC(C)(C)N1CCOCC1)c1ccc(Cl)cc1Cl. The molecule has 1 aromatic carbocycles. The molecule has 0 aromatic heterocycles. The first-order valence-electron chi connectivity index (χ1n) is 7.41. The summed E-state index contributed by atoms with van der Waals surface area (Å²) < 4.78 is 5.42. The molecule has 0 saturated carbocycles. The van der Waals surface area contributed by atoms with Crippen LogP contribution in [0.25, 0.3) is 0 Å². The van der Waals surface area contributed by atoms with E-state index in [-0.39, 0.29) is 11.6 Å². The highest BCUT2D eigenvalue weighted by atomic mass is 35.5. The van der Waals surface area contributed by atoms with Gasteiger partial charge in [-0.15, -0.1) is 0 Å². The van der Waals surface area contributed by atoms with Crippen molar-refractivity contribution in [2.24, 2.45) is 0 Å². The lowest BCUT2D eigenvalue weighted by atomic mass is 10.0. The molecule has 1 N–H and O–H groups in total. The molecule has 1 aromatic rings. The van der Waals surface area contributed by atoms with Crippen LogP contribution in [0.15, 0.2) is 18.2 Å². The molecule has 1 fully saturated rings. The number of halogens is 2. The monoisotopic (exact) mass is 330 g/mol. The quantitative estimate of drug-likeness (QED) is 0.889. The van der Waals surface area contributed by atoms with Gasteiger partial charge >= 0.3 is 0 Å². The van der Waals surface area contributed by atoms with E-state index >= 15 is 0 Å². The zero-order valence-electron chi connectivity index (χ0n) is 13.0. The van der Waals surface area contributed by atoms with Gasteiger partial charge in [0, 0.05) is 41.3 Å². The smallest absolute Gasteiger partial charge is 0.0594 e. The van der Waals surface area contributed by atoms with Crippen molar-refractivity contribution in [3.8, 4) is 0 Å². The topological polar surface area (TPSA) is 24.5 Å². The van der Waals surface area contributed by atoms with Crippen molar-refractivity contribution in [3.05, 3.63) is 33.8 Å².